The van der Waals surface area contributed by atoms with Crippen LogP contribution in [0.15, 0.2) is 22.6 Å². The van der Waals surface area contributed by atoms with Crippen LogP contribution < -0.4 is 9.15 Å². The molecule has 1 aromatic carbocycles. The second kappa shape index (κ2) is 9.30. The summed E-state index contributed by atoms with van der Waals surface area (Å²) in [5.74, 6) is 0.721. The minimum atomic E-state index is -2.10. The third-order valence-electron chi connectivity index (χ3n) is 3.31. The van der Waals surface area contributed by atoms with E-state index in [0.717, 1.165) is 0 Å². The number of hydrogen-bond acceptors (Lipinski definition) is 4. The van der Waals surface area contributed by atoms with E-state index in [9.17, 15) is 9.32 Å². The van der Waals surface area contributed by atoms with E-state index in [0.29, 0.717) is 27.8 Å². The topological polar surface area (TPSA) is 91.9 Å². The molecule has 0 aliphatic carbocycles. The molecule has 0 amide bonds. The summed E-state index contributed by atoms with van der Waals surface area (Å²) in [6.45, 7) is 6.21. The van der Waals surface area contributed by atoms with Gasteiger partial charge in [-0.3, -0.25) is 4.55 Å². The van der Waals surface area contributed by atoms with Gasteiger partial charge in [-0.15, -0.1) is 0 Å². The maximum atomic E-state index is 10.8. The zero-order valence-corrected chi connectivity index (χ0v) is 19.8. The van der Waals surface area contributed by atoms with Crippen molar-refractivity contribution in [2.45, 2.75) is 30.9 Å². The summed E-state index contributed by atoms with van der Waals surface area (Å²) in [6.07, 6.45) is 0.428. The van der Waals surface area contributed by atoms with Crippen LogP contribution in [-0.2, 0) is 11.3 Å². The highest BCUT2D eigenvalue weighted by Crippen LogP contribution is 2.49. The smallest absolute Gasteiger partial charge is 0.242 e. The first kappa shape index (κ1) is 22.7. The molecule has 2 rings (SSSR count). The Morgan fingerprint density at radius 3 is 2.41 bits per heavy atom. The fourth-order valence-corrected chi connectivity index (χ4v) is 4.48. The molecular formula is C16H20BrCl2NO5SSi. The van der Waals surface area contributed by atoms with Gasteiger partial charge in [0.2, 0.25) is 25.3 Å². The predicted octanol–water partition coefficient (Wildman–Crippen LogP) is 5.73. The van der Waals surface area contributed by atoms with Crippen molar-refractivity contribution < 1.29 is 22.7 Å². The van der Waals surface area contributed by atoms with Crippen LogP contribution in [0.2, 0.25) is 29.7 Å². The zero-order chi connectivity index (χ0) is 20.4. The number of furan rings is 1. The van der Waals surface area contributed by atoms with Crippen LogP contribution in [0.5, 0.6) is 11.5 Å². The van der Waals surface area contributed by atoms with Crippen LogP contribution in [0.25, 0.3) is 11.3 Å². The Balaban J connectivity index is 2.46. The van der Waals surface area contributed by atoms with Crippen LogP contribution in [0.4, 0.5) is 0 Å². The van der Waals surface area contributed by atoms with Crippen molar-refractivity contribution in [3.63, 3.8) is 0 Å². The summed E-state index contributed by atoms with van der Waals surface area (Å²) in [7, 11) is -2.06. The molecule has 6 nitrogen and oxygen atoms in total. The van der Waals surface area contributed by atoms with Crippen molar-refractivity contribution in [2.75, 3.05) is 6.54 Å². The van der Waals surface area contributed by atoms with Gasteiger partial charge in [0.1, 0.15) is 0 Å². The molecule has 27 heavy (non-hydrogen) atoms. The second-order valence-electron chi connectivity index (χ2n) is 6.75. The molecule has 1 aromatic heterocycles. The molecule has 11 heteroatoms. The summed E-state index contributed by atoms with van der Waals surface area (Å²) in [4.78, 5) is -0.353. The van der Waals surface area contributed by atoms with Crippen LogP contribution >= 0.6 is 39.1 Å². The molecule has 0 fully saturated rings. The molecule has 0 aliphatic heterocycles. The van der Waals surface area contributed by atoms with E-state index in [1.165, 1.54) is 0 Å². The van der Waals surface area contributed by atoms with Gasteiger partial charge >= 0.3 is 0 Å². The lowest BCUT2D eigenvalue weighted by Crippen LogP contribution is -2.29. The molecule has 0 saturated heterocycles. The lowest BCUT2D eigenvalue weighted by Gasteiger charge is -2.20. The number of rotatable bonds is 8. The monoisotopic (exact) mass is 515 g/mol. The Kier molecular flexibility index (Phi) is 7.83. The number of aromatic hydroxyl groups is 1. The van der Waals surface area contributed by atoms with Crippen molar-refractivity contribution >= 4 is 58.7 Å². The Bertz CT molecular complexity index is 823. The average Bonchev–Trinajstić information content (AvgIpc) is 2.81. The van der Waals surface area contributed by atoms with Crippen LogP contribution in [0, 0.1) is 0 Å². The van der Waals surface area contributed by atoms with Crippen LogP contribution in [0.3, 0.4) is 0 Å². The molecule has 1 heterocycles. The first-order valence-corrected chi connectivity index (χ1v) is 14.2. The Hall–Kier alpha value is -0.553. The number of alkyl halides is 1. The molecule has 2 unspecified atom stereocenters. The van der Waals surface area contributed by atoms with Gasteiger partial charge < -0.3 is 13.9 Å². The molecule has 0 radical (unpaired) electrons. The molecular weight excluding hydrogens is 497 g/mol. The van der Waals surface area contributed by atoms with Crippen molar-refractivity contribution in [3.8, 4) is 22.8 Å². The molecule has 3 N–H and O–H groups in total. The highest BCUT2D eigenvalue weighted by atomic mass is 79.9. The van der Waals surface area contributed by atoms with Gasteiger partial charge in [-0.1, -0.05) is 39.1 Å². The second-order valence-corrected chi connectivity index (χ2v) is 13.9. The van der Waals surface area contributed by atoms with Crippen LogP contribution in [-0.4, -0.2) is 28.7 Å². The van der Waals surface area contributed by atoms with E-state index in [1.807, 2.05) is 19.6 Å². The molecule has 0 bridgehead atoms. The van der Waals surface area contributed by atoms with Crippen molar-refractivity contribution in [2.24, 2.45) is 0 Å². The minimum absolute atomic E-state index is 0.131. The Morgan fingerprint density at radius 2 is 1.89 bits per heavy atom. The third-order valence-corrected chi connectivity index (χ3v) is 5.88. The summed E-state index contributed by atoms with van der Waals surface area (Å²) in [5.41, 5.74) is 0.519. The van der Waals surface area contributed by atoms with E-state index in [1.54, 1.807) is 18.2 Å². The number of hydrogen-bond donors (Lipinski definition) is 3. The molecule has 2 atom stereocenters. The maximum absolute atomic E-state index is 10.8. The van der Waals surface area contributed by atoms with Crippen molar-refractivity contribution in [1.82, 2.24) is 4.72 Å². The minimum Gasteiger partial charge on any atom is -0.539 e. The summed E-state index contributed by atoms with van der Waals surface area (Å²) < 4.78 is 34.0. The molecule has 0 spiro atoms. The van der Waals surface area contributed by atoms with Gasteiger partial charge in [0.15, 0.2) is 17.3 Å². The van der Waals surface area contributed by atoms with E-state index in [-0.39, 0.29) is 28.6 Å². The SMILES string of the molecule is C[Si](C)(C)Oc1c(C(Br)CCNS(=O)O)oc(-c2cc(Cl)cc(Cl)c2)c1O. The first-order chi connectivity index (χ1) is 12.5. The van der Waals surface area contributed by atoms with E-state index in [2.05, 4.69) is 20.7 Å². The van der Waals surface area contributed by atoms with Gasteiger partial charge in [-0.25, -0.2) is 8.93 Å². The molecule has 2 aromatic rings. The summed E-state index contributed by atoms with van der Waals surface area (Å²) >= 11 is 13.5. The highest BCUT2D eigenvalue weighted by molar-refractivity contribution is 9.09. The van der Waals surface area contributed by atoms with Gasteiger partial charge in [0, 0.05) is 22.2 Å². The number of halogens is 3. The molecule has 150 valence electrons. The normalized spacial score (nSPS) is 14.2. The average molecular weight is 517 g/mol. The fraction of sp³-hybridized carbons (Fsp3) is 0.375. The lowest BCUT2D eigenvalue weighted by molar-refractivity contribution is 0.438. The Morgan fingerprint density at radius 1 is 1.30 bits per heavy atom. The number of benzene rings is 1. The standard InChI is InChI=1S/C16H20BrCl2NO5SSi/c1-27(2,3)25-16-13(21)14(9-6-10(18)8-11(19)7-9)24-15(16)12(17)4-5-20-26(22)23/h6-8,12,20-21H,4-5H2,1-3H3,(H,22,23). The van der Waals surface area contributed by atoms with Crippen molar-refractivity contribution in [1.29, 1.82) is 0 Å². The zero-order valence-electron chi connectivity index (χ0n) is 14.9. The van der Waals surface area contributed by atoms with Gasteiger partial charge in [0.05, 0.1) is 4.83 Å². The third kappa shape index (κ3) is 6.48. The van der Waals surface area contributed by atoms with Crippen molar-refractivity contribution in [3.05, 3.63) is 34.0 Å². The molecule has 0 saturated carbocycles. The van der Waals surface area contributed by atoms with E-state index >= 15 is 0 Å². The lowest BCUT2D eigenvalue weighted by atomic mass is 10.1. The van der Waals surface area contributed by atoms with Gasteiger partial charge in [-0.2, -0.15) is 0 Å². The summed E-state index contributed by atoms with van der Waals surface area (Å²) in [6, 6.07) is 4.85. The van der Waals surface area contributed by atoms with E-state index in [4.69, 9.17) is 36.6 Å². The molecule has 0 aliphatic rings. The quantitative estimate of drug-likeness (QED) is 0.237. The van der Waals surface area contributed by atoms with Crippen LogP contribution in [0.1, 0.15) is 17.0 Å². The first-order valence-electron chi connectivity index (χ1n) is 7.97. The predicted molar refractivity (Wildman–Crippen MR) is 115 cm³/mol. The maximum Gasteiger partial charge on any atom is 0.242 e. The highest BCUT2D eigenvalue weighted by Gasteiger charge is 2.30. The number of nitrogens with one attached hydrogen (secondary N) is 1. The summed E-state index contributed by atoms with van der Waals surface area (Å²) in [5, 5.41) is 11.6. The van der Waals surface area contributed by atoms with Gasteiger partial charge in [-0.05, 0) is 44.3 Å². The van der Waals surface area contributed by atoms with E-state index < -0.39 is 19.6 Å². The Labute approximate surface area is 179 Å². The fourth-order valence-electron chi connectivity index (χ4n) is 2.32. The van der Waals surface area contributed by atoms with Gasteiger partial charge in [0.25, 0.3) is 0 Å². The largest absolute Gasteiger partial charge is 0.539 e.